The molecule has 2 fully saturated rings. The fourth-order valence-corrected chi connectivity index (χ4v) is 4.05. The van der Waals surface area contributed by atoms with Crippen molar-refractivity contribution in [1.82, 2.24) is 15.2 Å². The highest BCUT2D eigenvalue weighted by molar-refractivity contribution is 6.01. The molecular formula is C27H31N3O6. The Morgan fingerprint density at radius 3 is 2.64 bits per heavy atom. The maximum Gasteiger partial charge on any atom is 0.357 e. The number of morpholine rings is 1. The largest absolute Gasteiger partial charge is 0.496 e. The third kappa shape index (κ3) is 6.16. The Bertz CT molecular complexity index is 1140. The molecule has 0 atom stereocenters. The van der Waals surface area contributed by atoms with Crippen LogP contribution in [0.2, 0.25) is 0 Å². The average Bonchev–Trinajstić information content (AvgIpc) is 3.75. The minimum absolute atomic E-state index is 0.0347. The molecule has 4 rings (SSSR count). The van der Waals surface area contributed by atoms with Crippen LogP contribution >= 0.6 is 0 Å². The number of ether oxygens (including phenoxy) is 3. The second-order valence-electron chi connectivity index (χ2n) is 8.84. The zero-order valence-electron chi connectivity index (χ0n) is 20.5. The molecule has 1 saturated carbocycles. The molecule has 2 aromatic rings. The van der Waals surface area contributed by atoms with Gasteiger partial charge in [-0.05, 0) is 48.6 Å². The Morgan fingerprint density at radius 2 is 1.97 bits per heavy atom. The van der Waals surface area contributed by atoms with Gasteiger partial charge in [0.15, 0.2) is 12.0 Å². The number of hydrogen-bond acceptors (Lipinski definition) is 8. The minimum atomic E-state index is -0.668. The van der Waals surface area contributed by atoms with E-state index in [1.807, 2.05) is 0 Å². The predicted molar refractivity (Wildman–Crippen MR) is 134 cm³/mol. The highest BCUT2D eigenvalue weighted by atomic mass is 16.5. The van der Waals surface area contributed by atoms with Crippen molar-refractivity contribution in [3.05, 3.63) is 53.4 Å². The van der Waals surface area contributed by atoms with Crippen molar-refractivity contribution >= 4 is 24.2 Å². The number of benzene rings is 1. The topological polar surface area (TPSA) is 107 Å². The quantitative estimate of drug-likeness (QED) is 0.376. The highest BCUT2D eigenvalue weighted by Gasteiger charge is 2.25. The summed E-state index contributed by atoms with van der Waals surface area (Å²) in [5.74, 6) is -0.0305. The smallest absolute Gasteiger partial charge is 0.357 e. The number of hydrogen-bond donors (Lipinski definition) is 1. The number of carbonyl (C=O) groups is 3. The molecule has 9 heteroatoms. The van der Waals surface area contributed by atoms with Gasteiger partial charge in [0.2, 0.25) is 0 Å². The van der Waals surface area contributed by atoms with Crippen molar-refractivity contribution in [2.24, 2.45) is 5.92 Å². The van der Waals surface area contributed by atoms with Crippen molar-refractivity contribution in [3.8, 4) is 16.9 Å². The van der Waals surface area contributed by atoms with Gasteiger partial charge < -0.3 is 19.5 Å². The number of nitrogens with zero attached hydrogens (tertiary/aromatic N) is 2. The number of aromatic nitrogens is 1. The summed E-state index contributed by atoms with van der Waals surface area (Å²) in [5, 5.41) is 2.87. The number of aldehydes is 1. The molecular weight excluding hydrogens is 462 g/mol. The first-order valence-electron chi connectivity index (χ1n) is 12.1. The van der Waals surface area contributed by atoms with Gasteiger partial charge in [-0.3, -0.25) is 14.5 Å². The molecule has 0 unspecified atom stereocenters. The summed E-state index contributed by atoms with van der Waals surface area (Å²) in [6, 6.07) is 6.46. The number of rotatable bonds is 11. The first-order valence-corrected chi connectivity index (χ1v) is 12.1. The molecule has 1 aliphatic carbocycles. The van der Waals surface area contributed by atoms with Crippen molar-refractivity contribution < 1.29 is 28.6 Å². The van der Waals surface area contributed by atoms with E-state index < -0.39 is 5.97 Å². The van der Waals surface area contributed by atoms with Gasteiger partial charge in [-0.2, -0.15) is 0 Å². The molecule has 2 aliphatic rings. The van der Waals surface area contributed by atoms with E-state index in [2.05, 4.69) is 21.8 Å². The molecule has 1 aromatic heterocycles. The summed E-state index contributed by atoms with van der Waals surface area (Å²) < 4.78 is 16.4. The molecule has 36 heavy (non-hydrogen) atoms. The van der Waals surface area contributed by atoms with E-state index in [-0.39, 0.29) is 23.9 Å². The standard InChI is InChI=1S/C27H31N3O6/c1-3-19-14-20(17-31)22(15-24(19)34-2)21-6-7-23(26(32)28-16-18-4-5-18)29-25(21)27(33)36-13-10-30-8-11-35-12-9-30/h3,6-7,14-15,17-18H,1,4-5,8-13,16H2,2H3,(H,28,32). The summed E-state index contributed by atoms with van der Waals surface area (Å²) in [7, 11) is 1.51. The monoisotopic (exact) mass is 493 g/mol. The number of carbonyl (C=O) groups excluding carboxylic acids is 3. The van der Waals surface area contributed by atoms with Crippen LogP contribution in [-0.2, 0) is 9.47 Å². The van der Waals surface area contributed by atoms with Crippen LogP contribution in [0.25, 0.3) is 17.2 Å². The van der Waals surface area contributed by atoms with Crippen LogP contribution in [0.5, 0.6) is 5.75 Å². The van der Waals surface area contributed by atoms with E-state index in [1.54, 1.807) is 30.3 Å². The van der Waals surface area contributed by atoms with Crippen molar-refractivity contribution in [2.75, 3.05) is 53.1 Å². The molecule has 0 spiro atoms. The molecule has 190 valence electrons. The minimum Gasteiger partial charge on any atom is -0.496 e. The molecule has 1 N–H and O–H groups in total. The van der Waals surface area contributed by atoms with Crippen molar-refractivity contribution in [3.63, 3.8) is 0 Å². The fourth-order valence-electron chi connectivity index (χ4n) is 4.05. The highest BCUT2D eigenvalue weighted by Crippen LogP contribution is 2.33. The normalized spacial score (nSPS) is 15.7. The van der Waals surface area contributed by atoms with Crippen molar-refractivity contribution in [2.45, 2.75) is 12.8 Å². The predicted octanol–water partition coefficient (Wildman–Crippen LogP) is 2.84. The lowest BCUT2D eigenvalue weighted by molar-refractivity contribution is 0.0193. The molecule has 1 aliphatic heterocycles. The fraction of sp³-hybridized carbons (Fsp3) is 0.407. The van der Waals surface area contributed by atoms with E-state index in [4.69, 9.17) is 14.2 Å². The number of esters is 1. The van der Waals surface area contributed by atoms with Gasteiger partial charge in [0.1, 0.15) is 18.1 Å². The average molecular weight is 494 g/mol. The first kappa shape index (κ1) is 25.5. The number of nitrogens with one attached hydrogen (secondary N) is 1. The van der Waals surface area contributed by atoms with E-state index in [0.29, 0.717) is 66.5 Å². The van der Waals surface area contributed by atoms with Crippen LogP contribution < -0.4 is 10.1 Å². The maximum absolute atomic E-state index is 13.2. The lowest BCUT2D eigenvalue weighted by atomic mass is 9.95. The zero-order chi connectivity index (χ0) is 25.5. The lowest BCUT2D eigenvalue weighted by Crippen LogP contribution is -2.38. The molecule has 1 saturated heterocycles. The Kier molecular flexibility index (Phi) is 8.45. The summed E-state index contributed by atoms with van der Waals surface area (Å²) in [4.78, 5) is 44.4. The van der Waals surface area contributed by atoms with Gasteiger partial charge >= 0.3 is 5.97 Å². The molecule has 0 radical (unpaired) electrons. The van der Waals surface area contributed by atoms with Gasteiger partial charge in [-0.25, -0.2) is 9.78 Å². The second kappa shape index (κ2) is 11.9. The SMILES string of the molecule is C=Cc1cc(C=O)c(-c2ccc(C(=O)NCC3CC3)nc2C(=O)OCCN2CCOCC2)cc1OC. The van der Waals surface area contributed by atoms with E-state index >= 15 is 0 Å². The number of amides is 1. The Balaban J connectivity index is 1.64. The summed E-state index contributed by atoms with van der Waals surface area (Å²) in [5.41, 5.74) is 1.88. The maximum atomic E-state index is 13.2. The zero-order valence-corrected chi connectivity index (χ0v) is 20.5. The van der Waals surface area contributed by atoms with Crippen LogP contribution in [-0.4, -0.2) is 81.2 Å². The van der Waals surface area contributed by atoms with Gasteiger partial charge in [0, 0.05) is 42.9 Å². The van der Waals surface area contributed by atoms with E-state index in [1.165, 1.54) is 7.11 Å². The van der Waals surface area contributed by atoms with Crippen LogP contribution in [0.15, 0.2) is 30.8 Å². The summed E-state index contributed by atoms with van der Waals surface area (Å²) in [6.07, 6.45) is 4.49. The number of methoxy groups -OCH3 is 1. The first-order chi connectivity index (χ1) is 17.5. The Morgan fingerprint density at radius 1 is 1.19 bits per heavy atom. The molecule has 0 bridgehead atoms. The van der Waals surface area contributed by atoms with E-state index in [0.717, 1.165) is 25.9 Å². The molecule has 2 heterocycles. The number of pyridine rings is 1. The van der Waals surface area contributed by atoms with Gasteiger partial charge in [0.05, 0.1) is 20.3 Å². The van der Waals surface area contributed by atoms with Crippen LogP contribution in [0.3, 0.4) is 0 Å². The summed E-state index contributed by atoms with van der Waals surface area (Å²) >= 11 is 0. The van der Waals surface area contributed by atoms with Gasteiger partial charge in [-0.1, -0.05) is 12.7 Å². The van der Waals surface area contributed by atoms with Gasteiger partial charge in [0.25, 0.3) is 5.91 Å². The third-order valence-electron chi connectivity index (χ3n) is 6.35. The second-order valence-corrected chi connectivity index (χ2v) is 8.84. The summed E-state index contributed by atoms with van der Waals surface area (Å²) in [6.45, 7) is 7.91. The Hall–Kier alpha value is -3.56. The van der Waals surface area contributed by atoms with Crippen LogP contribution in [0.1, 0.15) is 49.7 Å². The van der Waals surface area contributed by atoms with Crippen molar-refractivity contribution in [1.29, 1.82) is 0 Å². The molecule has 9 nitrogen and oxygen atoms in total. The van der Waals surface area contributed by atoms with Crippen LogP contribution in [0.4, 0.5) is 0 Å². The lowest BCUT2D eigenvalue weighted by Gasteiger charge is -2.26. The third-order valence-corrected chi connectivity index (χ3v) is 6.35. The molecule has 1 amide bonds. The van der Waals surface area contributed by atoms with E-state index in [9.17, 15) is 14.4 Å². The Labute approximate surface area is 210 Å². The molecule has 1 aromatic carbocycles. The van der Waals surface area contributed by atoms with Gasteiger partial charge in [-0.15, -0.1) is 0 Å². The van der Waals surface area contributed by atoms with Crippen LogP contribution in [0, 0.1) is 5.92 Å².